The Balaban J connectivity index is 1.58. The van der Waals surface area contributed by atoms with Crippen LogP contribution in [0.5, 0.6) is 0 Å². The normalized spacial score (nSPS) is 16.6. The molecule has 2 aromatic rings. The van der Waals surface area contributed by atoms with E-state index in [2.05, 4.69) is 15.6 Å². The molecule has 0 radical (unpaired) electrons. The number of nitrogens with one attached hydrogen (secondary N) is 2. The lowest BCUT2D eigenvalue weighted by atomic mass is 9.86. The topological polar surface area (TPSA) is 80.3 Å². The highest BCUT2D eigenvalue weighted by Gasteiger charge is 2.35. The maximum atomic E-state index is 13.6. The lowest BCUT2D eigenvalue weighted by molar-refractivity contribution is 0.0326. The Morgan fingerprint density at radius 1 is 1.21 bits per heavy atom. The van der Waals surface area contributed by atoms with Crippen molar-refractivity contribution in [3.05, 3.63) is 47.7 Å². The van der Waals surface area contributed by atoms with Crippen molar-refractivity contribution >= 4 is 37.7 Å². The van der Waals surface area contributed by atoms with Crippen molar-refractivity contribution in [2.24, 2.45) is 5.92 Å². The Kier molecular flexibility index (Phi) is 8.24. The van der Waals surface area contributed by atoms with Gasteiger partial charge in [-0.05, 0) is 58.1 Å². The number of aromatic nitrogens is 1. The first-order chi connectivity index (χ1) is 15.9. The predicted octanol–water partition coefficient (Wildman–Crippen LogP) is 5.53. The molecule has 9 heteroatoms. The predicted molar refractivity (Wildman–Crippen MR) is 133 cm³/mol. The minimum absolute atomic E-state index is 0.250. The summed E-state index contributed by atoms with van der Waals surface area (Å²) >= 11 is 0. The van der Waals surface area contributed by atoms with Crippen LogP contribution in [0.1, 0.15) is 62.4 Å². The molecule has 2 amide bonds. The van der Waals surface area contributed by atoms with E-state index in [0.717, 1.165) is 22.0 Å². The molecule has 2 atom stereocenters. The maximum absolute atomic E-state index is 13.6. The number of alkyl halides is 2. The second-order valence-electron chi connectivity index (χ2n) is 9.51. The number of carbonyl (C=O) groups is 2. The molecule has 34 heavy (non-hydrogen) atoms. The molecule has 6 nitrogen and oxygen atoms in total. The lowest BCUT2D eigenvalue weighted by Crippen LogP contribution is -2.34. The highest BCUT2D eigenvalue weighted by Crippen LogP contribution is 2.42. The molecule has 0 saturated carbocycles. The smallest absolute Gasteiger partial charge is 0.407 e. The van der Waals surface area contributed by atoms with Crippen LogP contribution < -0.4 is 10.6 Å². The number of nitrogens with zero attached hydrogens (tertiary/aromatic N) is 1. The van der Waals surface area contributed by atoms with Gasteiger partial charge >= 0.3 is 6.09 Å². The van der Waals surface area contributed by atoms with Crippen LogP contribution in [0.15, 0.2) is 36.5 Å². The van der Waals surface area contributed by atoms with E-state index in [4.69, 9.17) is 4.74 Å². The average molecular weight is 492 g/mol. The molecule has 184 valence electrons. The van der Waals surface area contributed by atoms with Gasteiger partial charge in [0.25, 0.3) is 11.6 Å². The molecule has 0 aliphatic heterocycles. The highest BCUT2D eigenvalue weighted by atomic mass is 31.0. The van der Waals surface area contributed by atoms with Crippen LogP contribution in [-0.2, 0) is 4.74 Å². The number of halogens is 2. The Morgan fingerprint density at radius 3 is 2.59 bits per heavy atom. The third kappa shape index (κ3) is 7.20. The number of fused-ring (bicyclic) bond motifs is 1. The van der Waals surface area contributed by atoms with Crippen molar-refractivity contribution in [1.82, 2.24) is 15.6 Å². The van der Waals surface area contributed by atoms with E-state index in [0.29, 0.717) is 44.3 Å². The van der Waals surface area contributed by atoms with Gasteiger partial charge in [-0.2, -0.15) is 0 Å². The minimum atomic E-state index is -2.76. The molecule has 2 unspecified atom stereocenters. The highest BCUT2D eigenvalue weighted by molar-refractivity contribution is 7.18. The number of amides is 2. The molecule has 3 rings (SSSR count). The number of pyridine rings is 1. The molecule has 0 bridgehead atoms. The number of hydrogen-bond acceptors (Lipinski definition) is 4. The van der Waals surface area contributed by atoms with Crippen LogP contribution in [0.25, 0.3) is 16.5 Å². The van der Waals surface area contributed by atoms with Gasteiger partial charge in [-0.1, -0.05) is 33.5 Å². The molecular weight excluding hydrogens is 459 g/mol. The van der Waals surface area contributed by atoms with Crippen molar-refractivity contribution < 1.29 is 23.1 Å². The second-order valence-corrected chi connectivity index (χ2v) is 10.3. The van der Waals surface area contributed by atoms with E-state index < -0.39 is 23.3 Å². The Labute approximate surface area is 201 Å². The number of benzene rings is 1. The average Bonchev–Trinajstić information content (AvgIpc) is 2.76. The fourth-order valence-corrected chi connectivity index (χ4v) is 4.17. The largest absolute Gasteiger partial charge is 0.444 e. The van der Waals surface area contributed by atoms with Crippen molar-refractivity contribution in [2.45, 2.75) is 57.7 Å². The Hall–Kier alpha value is -2.60. The number of alkyl carbamates (subject to hydrolysis) is 1. The summed E-state index contributed by atoms with van der Waals surface area (Å²) in [5.41, 5.74) is -0.192. The summed E-state index contributed by atoms with van der Waals surface area (Å²) in [6, 6.07) is 7.50. The zero-order valence-electron chi connectivity index (χ0n) is 19.8. The minimum Gasteiger partial charge on any atom is -0.444 e. The maximum Gasteiger partial charge on any atom is 0.407 e. The first-order valence-electron chi connectivity index (χ1n) is 11.4. The zero-order chi connectivity index (χ0) is 24.9. The summed E-state index contributed by atoms with van der Waals surface area (Å²) in [4.78, 5) is 28.7. The van der Waals surface area contributed by atoms with E-state index in [1.807, 2.05) is 24.3 Å². The van der Waals surface area contributed by atoms with Gasteiger partial charge in [0.15, 0.2) is 0 Å². The number of allylic oxidation sites excluding steroid dienone is 2. The van der Waals surface area contributed by atoms with Crippen LogP contribution in [0, 0.1) is 5.92 Å². The van der Waals surface area contributed by atoms with E-state index in [1.165, 1.54) is 6.20 Å². The number of para-hydroxylation sites is 1. The second kappa shape index (κ2) is 10.8. The number of hydrogen-bond donors (Lipinski definition) is 2. The van der Waals surface area contributed by atoms with Gasteiger partial charge in [0.2, 0.25) is 0 Å². The van der Waals surface area contributed by atoms with E-state index in [9.17, 15) is 18.4 Å². The molecule has 1 heterocycles. The van der Waals surface area contributed by atoms with E-state index in [-0.39, 0.29) is 5.91 Å². The third-order valence-corrected chi connectivity index (χ3v) is 6.05. The fraction of sp³-hybridized carbons (Fsp3) is 0.480. The molecule has 1 aliphatic carbocycles. The van der Waals surface area contributed by atoms with E-state index >= 15 is 0 Å². The van der Waals surface area contributed by atoms with Gasteiger partial charge in [0.05, 0.1) is 11.1 Å². The van der Waals surface area contributed by atoms with Gasteiger partial charge in [-0.15, -0.1) is 0 Å². The van der Waals surface area contributed by atoms with Gasteiger partial charge in [-0.3, -0.25) is 9.78 Å². The van der Waals surface area contributed by atoms with Gasteiger partial charge in [0, 0.05) is 36.2 Å². The quantitative estimate of drug-likeness (QED) is 0.394. The van der Waals surface area contributed by atoms with Crippen LogP contribution in [0.4, 0.5) is 13.6 Å². The first kappa shape index (κ1) is 26.0. The summed E-state index contributed by atoms with van der Waals surface area (Å²) in [7, 11) is 1.65. The molecule has 1 aromatic heterocycles. The molecule has 2 N–H and O–H groups in total. The number of rotatable bonds is 7. The summed E-state index contributed by atoms with van der Waals surface area (Å²) < 4.78 is 32.4. The monoisotopic (exact) mass is 491 g/mol. The van der Waals surface area contributed by atoms with Crippen molar-refractivity contribution in [3.8, 4) is 0 Å². The SMILES string of the molecule is CC(C)(C)OC(=O)NCCCNC(=O)c1cnc2c(C3=CCC(C(F)(F)P)CC3)cccc2c1. The molecule has 0 saturated heterocycles. The van der Waals surface area contributed by atoms with Crippen LogP contribution in [0.2, 0.25) is 0 Å². The molecule has 0 spiro atoms. The van der Waals surface area contributed by atoms with Gasteiger partial charge in [0.1, 0.15) is 5.60 Å². The van der Waals surface area contributed by atoms with Crippen molar-refractivity contribution in [3.63, 3.8) is 0 Å². The fourth-order valence-electron chi connectivity index (χ4n) is 3.87. The summed E-state index contributed by atoms with van der Waals surface area (Å²) in [5, 5.41) is 6.30. The van der Waals surface area contributed by atoms with Gasteiger partial charge in [-0.25, -0.2) is 13.6 Å². The van der Waals surface area contributed by atoms with Crippen molar-refractivity contribution in [2.75, 3.05) is 13.1 Å². The zero-order valence-corrected chi connectivity index (χ0v) is 20.9. The standard InChI is InChI=1S/C25H32F2N3O3P/c1-24(2,3)33-23(32)29-13-5-12-28-22(31)18-14-17-6-4-7-20(21(17)30-15-18)16-8-10-19(11-9-16)25(26,27)34/h4,6-8,14-15,19H,5,9-13,34H2,1-3H3,(H,28,31)(H,29,32). The first-order valence-corrected chi connectivity index (χ1v) is 12.0. The Morgan fingerprint density at radius 2 is 1.94 bits per heavy atom. The number of carbonyl (C=O) groups excluding carboxylic acids is 2. The van der Waals surface area contributed by atoms with Crippen molar-refractivity contribution in [1.29, 1.82) is 0 Å². The molecule has 1 aliphatic rings. The number of ether oxygens (including phenoxy) is 1. The Bertz CT molecular complexity index is 1080. The van der Waals surface area contributed by atoms with E-state index in [1.54, 1.807) is 36.1 Å². The summed E-state index contributed by atoms with van der Waals surface area (Å²) in [6.45, 7) is 6.15. The molecule has 1 aromatic carbocycles. The lowest BCUT2D eigenvalue weighted by Gasteiger charge is -2.27. The summed E-state index contributed by atoms with van der Waals surface area (Å²) in [5.74, 6) is -0.918. The molecule has 0 fully saturated rings. The summed E-state index contributed by atoms with van der Waals surface area (Å²) in [6.07, 6.45) is 4.79. The van der Waals surface area contributed by atoms with Gasteiger partial charge < -0.3 is 15.4 Å². The van der Waals surface area contributed by atoms with Crippen LogP contribution in [-0.4, -0.2) is 41.3 Å². The molecular formula is C25H32F2N3O3P. The third-order valence-electron chi connectivity index (χ3n) is 5.58. The van der Waals surface area contributed by atoms with Crippen LogP contribution in [0.3, 0.4) is 0 Å². The van der Waals surface area contributed by atoms with Crippen LogP contribution >= 0.6 is 9.24 Å².